The first kappa shape index (κ1) is 10.2. The van der Waals surface area contributed by atoms with Gasteiger partial charge in [0.1, 0.15) is 0 Å². The zero-order chi connectivity index (χ0) is 10.8. The van der Waals surface area contributed by atoms with E-state index in [0.717, 1.165) is 18.8 Å². The molecular weight excluding hydrogens is 192 g/mol. The lowest BCUT2D eigenvalue weighted by molar-refractivity contribution is 0.0932. The van der Waals surface area contributed by atoms with Crippen molar-refractivity contribution in [3.63, 3.8) is 0 Å². The van der Waals surface area contributed by atoms with Crippen LogP contribution in [0.4, 0.5) is 0 Å². The van der Waals surface area contributed by atoms with Gasteiger partial charge in [0.05, 0.1) is 11.8 Å². The van der Waals surface area contributed by atoms with Crippen LogP contribution in [0.2, 0.25) is 0 Å². The number of carbonyl (C=O) groups excluding carboxylic acids is 1. The quantitative estimate of drug-likeness (QED) is 0.643. The van der Waals surface area contributed by atoms with E-state index in [9.17, 15) is 4.79 Å². The number of nitrogens with one attached hydrogen (secondary N) is 3. The molecule has 3 N–H and O–H groups in total. The summed E-state index contributed by atoms with van der Waals surface area (Å²) in [6, 6.07) is 0.229. The minimum Gasteiger partial charge on any atom is -0.348 e. The minimum absolute atomic E-state index is 0.0400. The number of aromatic nitrogens is 2. The van der Waals surface area contributed by atoms with Crippen LogP contribution in [-0.2, 0) is 0 Å². The number of carbonyl (C=O) groups is 1. The molecule has 2 rings (SSSR count). The Hall–Kier alpha value is -1.36. The summed E-state index contributed by atoms with van der Waals surface area (Å²) in [6.45, 7) is 5.80. The number of rotatable bonds is 2. The van der Waals surface area contributed by atoms with Crippen molar-refractivity contribution in [2.45, 2.75) is 19.9 Å². The number of amides is 1. The lowest BCUT2D eigenvalue weighted by atomic mass is 10.1. The van der Waals surface area contributed by atoms with Crippen molar-refractivity contribution in [3.05, 3.63) is 17.5 Å². The predicted molar refractivity (Wildman–Crippen MR) is 56.6 cm³/mol. The van der Waals surface area contributed by atoms with Crippen LogP contribution in [0.5, 0.6) is 0 Å². The van der Waals surface area contributed by atoms with E-state index in [1.807, 2.05) is 6.92 Å². The highest BCUT2D eigenvalue weighted by Gasteiger charge is 2.25. The number of hydrogen-bond acceptors (Lipinski definition) is 3. The van der Waals surface area contributed by atoms with Gasteiger partial charge in [-0.25, -0.2) is 0 Å². The first-order chi connectivity index (χ1) is 7.18. The van der Waals surface area contributed by atoms with Crippen LogP contribution in [0.1, 0.15) is 23.0 Å². The van der Waals surface area contributed by atoms with Crippen LogP contribution in [0.15, 0.2) is 6.20 Å². The maximum atomic E-state index is 11.8. The Morgan fingerprint density at radius 2 is 2.40 bits per heavy atom. The average Bonchev–Trinajstić information content (AvgIpc) is 2.76. The van der Waals surface area contributed by atoms with E-state index in [0.29, 0.717) is 11.5 Å². The van der Waals surface area contributed by atoms with E-state index in [1.165, 1.54) is 0 Å². The van der Waals surface area contributed by atoms with Crippen LogP contribution in [-0.4, -0.2) is 35.2 Å². The Morgan fingerprint density at radius 3 is 2.93 bits per heavy atom. The van der Waals surface area contributed by atoms with Gasteiger partial charge < -0.3 is 10.6 Å². The van der Waals surface area contributed by atoms with Gasteiger partial charge in [-0.3, -0.25) is 9.89 Å². The Kier molecular flexibility index (Phi) is 2.73. The third-order valence-corrected chi connectivity index (χ3v) is 2.91. The van der Waals surface area contributed by atoms with Crippen molar-refractivity contribution in [2.24, 2.45) is 5.92 Å². The highest BCUT2D eigenvalue weighted by atomic mass is 16.1. The molecule has 1 saturated heterocycles. The molecule has 1 aliphatic heterocycles. The van der Waals surface area contributed by atoms with Crippen molar-refractivity contribution in [2.75, 3.05) is 13.1 Å². The van der Waals surface area contributed by atoms with Gasteiger partial charge in [-0.05, 0) is 19.4 Å². The zero-order valence-electron chi connectivity index (χ0n) is 9.00. The smallest absolute Gasteiger partial charge is 0.255 e. The van der Waals surface area contributed by atoms with Gasteiger partial charge in [-0.15, -0.1) is 0 Å². The lowest BCUT2D eigenvalue weighted by Gasteiger charge is -2.15. The third-order valence-electron chi connectivity index (χ3n) is 2.91. The maximum absolute atomic E-state index is 11.8. The van der Waals surface area contributed by atoms with E-state index in [2.05, 4.69) is 27.8 Å². The summed E-state index contributed by atoms with van der Waals surface area (Å²) in [5.74, 6) is 0.447. The molecule has 0 aromatic carbocycles. The molecule has 1 aliphatic rings. The summed E-state index contributed by atoms with van der Waals surface area (Å²) in [7, 11) is 0. The fourth-order valence-corrected chi connectivity index (χ4v) is 1.83. The number of aryl methyl sites for hydroxylation is 1. The summed E-state index contributed by atoms with van der Waals surface area (Å²) in [5.41, 5.74) is 1.44. The van der Waals surface area contributed by atoms with Gasteiger partial charge in [0, 0.05) is 18.3 Å². The van der Waals surface area contributed by atoms with E-state index in [1.54, 1.807) is 6.20 Å². The van der Waals surface area contributed by atoms with Gasteiger partial charge in [0.15, 0.2) is 0 Å². The van der Waals surface area contributed by atoms with Crippen LogP contribution in [0, 0.1) is 12.8 Å². The molecule has 5 nitrogen and oxygen atoms in total. The molecule has 2 heterocycles. The monoisotopic (exact) mass is 208 g/mol. The second-order valence-electron chi connectivity index (χ2n) is 4.12. The Labute approximate surface area is 88.6 Å². The fourth-order valence-electron chi connectivity index (χ4n) is 1.83. The lowest BCUT2D eigenvalue weighted by Crippen LogP contribution is -2.39. The van der Waals surface area contributed by atoms with E-state index >= 15 is 0 Å². The molecule has 2 atom stereocenters. The average molecular weight is 208 g/mol. The molecule has 5 heteroatoms. The highest BCUT2D eigenvalue weighted by molar-refractivity contribution is 5.95. The Bertz CT molecular complexity index is 360. The highest BCUT2D eigenvalue weighted by Crippen LogP contribution is 2.09. The van der Waals surface area contributed by atoms with E-state index in [4.69, 9.17) is 0 Å². The van der Waals surface area contributed by atoms with Gasteiger partial charge in [-0.1, -0.05) is 6.92 Å². The molecule has 2 unspecified atom stereocenters. The minimum atomic E-state index is -0.0400. The largest absolute Gasteiger partial charge is 0.348 e. The molecule has 82 valence electrons. The first-order valence-corrected chi connectivity index (χ1v) is 5.20. The Morgan fingerprint density at radius 1 is 1.60 bits per heavy atom. The van der Waals surface area contributed by atoms with Crippen molar-refractivity contribution < 1.29 is 4.79 Å². The molecule has 0 radical (unpaired) electrons. The molecule has 15 heavy (non-hydrogen) atoms. The summed E-state index contributed by atoms with van der Waals surface area (Å²) >= 11 is 0. The molecule has 1 aromatic heterocycles. The third kappa shape index (κ3) is 2.02. The van der Waals surface area contributed by atoms with Crippen LogP contribution >= 0.6 is 0 Å². The number of H-pyrrole nitrogens is 1. The normalized spacial score (nSPS) is 25.5. The second-order valence-corrected chi connectivity index (χ2v) is 4.12. The van der Waals surface area contributed by atoms with Crippen molar-refractivity contribution >= 4 is 5.91 Å². The van der Waals surface area contributed by atoms with Crippen LogP contribution in [0.25, 0.3) is 0 Å². The molecule has 0 aliphatic carbocycles. The summed E-state index contributed by atoms with van der Waals surface area (Å²) in [4.78, 5) is 11.8. The molecule has 0 spiro atoms. The first-order valence-electron chi connectivity index (χ1n) is 5.20. The second kappa shape index (κ2) is 4.02. The van der Waals surface area contributed by atoms with Crippen LogP contribution in [0.3, 0.4) is 0 Å². The molecule has 1 amide bonds. The molecule has 1 fully saturated rings. The molecule has 0 bridgehead atoms. The predicted octanol–water partition coefficient (Wildman–Crippen LogP) is 0.0558. The summed E-state index contributed by atoms with van der Waals surface area (Å²) < 4.78 is 0. The zero-order valence-corrected chi connectivity index (χ0v) is 9.00. The van der Waals surface area contributed by atoms with Gasteiger partial charge in [0.25, 0.3) is 5.91 Å². The maximum Gasteiger partial charge on any atom is 0.255 e. The fraction of sp³-hybridized carbons (Fsp3) is 0.600. The van der Waals surface area contributed by atoms with Gasteiger partial charge >= 0.3 is 0 Å². The van der Waals surface area contributed by atoms with Gasteiger partial charge in [0.2, 0.25) is 0 Å². The molecule has 0 saturated carbocycles. The summed E-state index contributed by atoms with van der Waals surface area (Å²) in [6.07, 6.45) is 1.57. The molecule has 1 aromatic rings. The Balaban J connectivity index is 2.01. The van der Waals surface area contributed by atoms with Gasteiger partial charge in [-0.2, -0.15) is 5.10 Å². The SMILES string of the molecule is Cc1[nH]ncc1C(=O)NC1CNCC1C. The molecular formula is C10H16N4O. The number of nitrogens with zero attached hydrogens (tertiary/aromatic N) is 1. The van der Waals surface area contributed by atoms with Crippen LogP contribution < -0.4 is 10.6 Å². The van der Waals surface area contributed by atoms with E-state index in [-0.39, 0.29) is 11.9 Å². The van der Waals surface area contributed by atoms with Crippen molar-refractivity contribution in [1.29, 1.82) is 0 Å². The number of hydrogen-bond donors (Lipinski definition) is 3. The van der Waals surface area contributed by atoms with E-state index < -0.39 is 0 Å². The van der Waals surface area contributed by atoms with Crippen molar-refractivity contribution in [3.8, 4) is 0 Å². The summed E-state index contributed by atoms with van der Waals surface area (Å²) in [5, 5.41) is 12.9. The standard InChI is InChI=1S/C10H16N4O/c1-6-3-11-5-9(6)13-10(15)8-4-12-14-7(8)2/h4,6,9,11H,3,5H2,1-2H3,(H,12,14)(H,13,15). The topological polar surface area (TPSA) is 69.8 Å². The van der Waals surface area contributed by atoms with Crippen molar-refractivity contribution in [1.82, 2.24) is 20.8 Å². The number of aromatic amines is 1.